The quantitative estimate of drug-likeness (QED) is 0.108. The number of Topliss-reactive ketones (excluding diaryl/α,β-unsaturated/α-hetero) is 1. The van der Waals surface area contributed by atoms with Crippen molar-refractivity contribution >= 4 is 39.1 Å². The van der Waals surface area contributed by atoms with Gasteiger partial charge in [0.15, 0.2) is 5.78 Å². The maximum Gasteiger partial charge on any atom is 0.293 e. The molecule has 0 amide bonds. The molecule has 55 heavy (non-hydrogen) atoms. The van der Waals surface area contributed by atoms with Crippen LogP contribution < -0.4 is 0 Å². The molecule has 3 aromatic heterocycles. The zero-order valence-electron chi connectivity index (χ0n) is 29.9. The van der Waals surface area contributed by atoms with Crippen molar-refractivity contribution < 1.29 is 40.5 Å². The number of aryl methyl sites for hydroxylation is 1. The molecule has 1 saturated carbocycles. The van der Waals surface area contributed by atoms with Crippen LogP contribution in [-0.2, 0) is 47.3 Å². The molecule has 8 nitrogen and oxygen atoms in total. The number of hydrogen-bond donors (Lipinski definition) is 1. The summed E-state index contributed by atoms with van der Waals surface area (Å²) in [6.45, 7) is 2.18. The third-order valence-corrected chi connectivity index (χ3v) is 10.8. The number of ketones is 1. The molecule has 1 unspecified atom stereocenters. The van der Waals surface area contributed by atoms with Crippen LogP contribution in [0.25, 0.3) is 22.0 Å². The molecular weight excluding hydrogens is 768 g/mol. The van der Waals surface area contributed by atoms with E-state index in [4.69, 9.17) is 16.6 Å². The van der Waals surface area contributed by atoms with Crippen molar-refractivity contribution in [3.63, 3.8) is 0 Å². The van der Waals surface area contributed by atoms with Crippen LogP contribution in [0, 0.1) is 29.4 Å². The summed E-state index contributed by atoms with van der Waals surface area (Å²) in [4.78, 5) is 18.8. The maximum atomic E-state index is 15.4. The van der Waals surface area contributed by atoms with E-state index >= 15 is 8.78 Å². The van der Waals surface area contributed by atoms with Crippen molar-refractivity contribution in [3.05, 3.63) is 98.7 Å². The second-order valence-corrected chi connectivity index (χ2v) is 16.5. The third kappa shape index (κ3) is 7.56. The molecule has 1 N–H and O–H groups in total. The van der Waals surface area contributed by atoms with Gasteiger partial charge in [0.1, 0.15) is 40.9 Å². The molecule has 2 aliphatic rings. The summed E-state index contributed by atoms with van der Waals surface area (Å²) in [7, 11) is 0.397. The molecule has 7 rings (SSSR count). The lowest BCUT2D eigenvalue weighted by molar-refractivity contribution is -0.120. The lowest BCUT2D eigenvalue weighted by Gasteiger charge is -2.22. The molecule has 1 fully saturated rings. The first-order chi connectivity index (χ1) is 25.8. The molecule has 4 atom stereocenters. The molecule has 2 aliphatic carbocycles. The Labute approximate surface area is 319 Å². The number of pyridine rings is 1. The highest BCUT2D eigenvalue weighted by Gasteiger charge is 2.67. The Morgan fingerprint density at radius 2 is 1.78 bits per heavy atom. The van der Waals surface area contributed by atoms with Crippen molar-refractivity contribution in [2.24, 2.45) is 13.0 Å². The summed E-state index contributed by atoms with van der Waals surface area (Å²) in [6, 6.07) is 9.48. The van der Waals surface area contributed by atoms with Gasteiger partial charge < -0.3 is 5.11 Å². The van der Waals surface area contributed by atoms with Gasteiger partial charge in [-0.2, -0.15) is 19.0 Å². The summed E-state index contributed by atoms with van der Waals surface area (Å²) < 4.78 is 102. The fourth-order valence-electron chi connectivity index (χ4n) is 7.63. The van der Waals surface area contributed by atoms with E-state index in [0.29, 0.717) is 43.5 Å². The first-order valence-electron chi connectivity index (χ1n) is 17.3. The Hall–Kier alpha value is -4.52. The summed E-state index contributed by atoms with van der Waals surface area (Å²) in [6.07, 6.45) is -2.17. The normalized spacial score (nSPS) is 18.2. The second kappa shape index (κ2) is 14.2. The minimum atomic E-state index is -3.45. The van der Waals surface area contributed by atoms with Crippen LogP contribution in [0.4, 0.5) is 26.3 Å². The van der Waals surface area contributed by atoms with Gasteiger partial charge in [-0.15, -0.1) is 0 Å². The first kappa shape index (κ1) is 38.7. The molecule has 0 radical (unpaired) electrons. The molecule has 0 aliphatic heterocycles. The Kier molecular flexibility index (Phi) is 10.0. The second-order valence-electron chi connectivity index (χ2n) is 14.6. The number of fused-ring (bicyclic) bond motifs is 4. The van der Waals surface area contributed by atoms with Crippen LogP contribution in [0.3, 0.4) is 0 Å². The molecule has 16 heteroatoms. The number of carbonyl (C=O) groups excluding carboxylic acids is 1. The summed E-state index contributed by atoms with van der Waals surface area (Å²) in [5.41, 5.74) is -0.571. The Morgan fingerprint density at radius 3 is 2.44 bits per heavy atom. The summed E-state index contributed by atoms with van der Waals surface area (Å²) in [5.74, 6) is -3.15. The molecule has 3 heterocycles. The molecule has 0 bridgehead atoms. The average molecular weight is 802 g/mol. The van der Waals surface area contributed by atoms with Gasteiger partial charge in [-0.3, -0.25) is 18.4 Å². The Balaban J connectivity index is 1.38. The highest BCUT2D eigenvalue weighted by molar-refractivity contribution is 7.83. The van der Waals surface area contributed by atoms with E-state index in [1.54, 1.807) is 36.0 Å². The molecule has 0 spiro atoms. The van der Waals surface area contributed by atoms with E-state index in [1.807, 2.05) is 0 Å². The highest BCUT2D eigenvalue weighted by atomic mass is 35.5. The van der Waals surface area contributed by atoms with Gasteiger partial charge in [0.25, 0.3) is 12.3 Å². The summed E-state index contributed by atoms with van der Waals surface area (Å²) in [5, 5.41) is 19.6. The van der Waals surface area contributed by atoms with Crippen LogP contribution in [-0.4, -0.2) is 51.5 Å². The number of benzene rings is 2. The molecule has 288 valence electrons. The van der Waals surface area contributed by atoms with Gasteiger partial charge in [-0.1, -0.05) is 23.6 Å². The van der Waals surface area contributed by atoms with Gasteiger partial charge in [0, 0.05) is 70.5 Å². The monoisotopic (exact) mass is 801 g/mol. The van der Waals surface area contributed by atoms with Crippen LogP contribution in [0.5, 0.6) is 0 Å². The Morgan fingerprint density at radius 1 is 1.09 bits per heavy atom. The number of alkyl halides is 4. The summed E-state index contributed by atoms with van der Waals surface area (Å²) >= 11 is 6.67. The van der Waals surface area contributed by atoms with E-state index in [2.05, 4.69) is 22.0 Å². The van der Waals surface area contributed by atoms with Gasteiger partial charge >= 0.3 is 0 Å². The van der Waals surface area contributed by atoms with Gasteiger partial charge in [0.05, 0.1) is 27.7 Å². The largest absolute Gasteiger partial charge is 0.378 e. The third-order valence-electron chi connectivity index (χ3n) is 9.82. The van der Waals surface area contributed by atoms with Crippen LogP contribution in [0.2, 0.25) is 5.02 Å². The highest BCUT2D eigenvalue weighted by Crippen LogP contribution is 2.68. The number of hydrogen-bond acceptors (Lipinski definition) is 6. The van der Waals surface area contributed by atoms with Crippen molar-refractivity contribution in [3.8, 4) is 23.0 Å². The zero-order chi connectivity index (χ0) is 39.7. The molecular formula is C39H34ClF6N5O3S. The van der Waals surface area contributed by atoms with E-state index in [1.165, 1.54) is 20.1 Å². The molecule has 0 saturated heterocycles. The fraction of sp³-hybridized carbons (Fsp3) is 0.385. The number of aromatic nitrogens is 5. The number of rotatable bonds is 11. The van der Waals surface area contributed by atoms with Crippen molar-refractivity contribution in [1.82, 2.24) is 24.5 Å². The fourth-order valence-corrected chi connectivity index (χ4v) is 8.48. The Bertz CT molecular complexity index is 2450. The number of nitrogens with zero attached hydrogens (tertiary/aromatic N) is 5. The van der Waals surface area contributed by atoms with Crippen molar-refractivity contribution in [2.75, 3.05) is 6.26 Å². The number of halogens is 7. The van der Waals surface area contributed by atoms with Crippen molar-refractivity contribution in [2.45, 2.75) is 75.2 Å². The van der Waals surface area contributed by atoms with Crippen LogP contribution in [0.15, 0.2) is 42.5 Å². The van der Waals surface area contributed by atoms with E-state index in [9.17, 15) is 31.7 Å². The SMILES string of the molecule is Cn1nc(CS(C)=O)c2c(Cl)ccc(-c3ccc(C#CC(C)(C)O)nc3[C@@H](CC(=O)Cn3nc(C(F)F)c4c3C(F)(F)[C@@H]3C[C@H]43)Cc3cc(F)cc(F)c3)c21. The topological polar surface area (TPSA) is 103 Å². The van der Waals surface area contributed by atoms with Gasteiger partial charge in [-0.05, 0) is 74.4 Å². The minimum Gasteiger partial charge on any atom is -0.378 e. The van der Waals surface area contributed by atoms with E-state index < -0.39 is 88.3 Å². The van der Waals surface area contributed by atoms with Gasteiger partial charge in [0.2, 0.25) is 0 Å². The van der Waals surface area contributed by atoms with Gasteiger partial charge in [-0.25, -0.2) is 22.5 Å². The van der Waals surface area contributed by atoms with Crippen LogP contribution in [0.1, 0.15) is 84.5 Å². The predicted molar refractivity (Wildman–Crippen MR) is 194 cm³/mol. The predicted octanol–water partition coefficient (Wildman–Crippen LogP) is 7.90. The standard InChI is InChI=1S/C39H34ClF6N5O3S/c1-38(2,53)10-9-23-5-6-25(26-7-8-29(40)32-30(18-55(4)54)48-50(3)35(26)32)33(47-23)20(11-19-12-21(41)15-22(42)13-19)14-24(52)17-51-36-31(34(49-51)37(43)44)27-16-28(27)39(36,45)46/h5-8,12-13,15,20,27-28,37,53H,11,14,16-18H2,1-4H3/t20-,27+,28-,55?/m1/s1. The zero-order valence-corrected chi connectivity index (χ0v) is 31.5. The minimum absolute atomic E-state index is 0.0548. The maximum absolute atomic E-state index is 15.4. The van der Waals surface area contributed by atoms with Crippen LogP contribution >= 0.6 is 11.6 Å². The number of carbonyl (C=O) groups is 1. The van der Waals surface area contributed by atoms with Crippen molar-refractivity contribution in [1.29, 1.82) is 0 Å². The smallest absolute Gasteiger partial charge is 0.293 e. The molecule has 2 aromatic carbocycles. The first-order valence-corrected chi connectivity index (χ1v) is 19.4. The van der Waals surface area contributed by atoms with E-state index in [-0.39, 0.29) is 41.1 Å². The lowest BCUT2D eigenvalue weighted by Crippen LogP contribution is -2.24. The average Bonchev–Trinajstić information content (AvgIpc) is 3.62. The number of aliphatic hydroxyl groups is 1. The molecule has 5 aromatic rings. The lowest BCUT2D eigenvalue weighted by atomic mass is 9.86. The van der Waals surface area contributed by atoms with E-state index in [0.717, 1.165) is 12.1 Å².